The minimum atomic E-state index is -0.0656. The van der Waals surface area contributed by atoms with E-state index in [9.17, 15) is 4.79 Å². The van der Waals surface area contributed by atoms with Crippen LogP contribution in [0.4, 0.5) is 17.3 Å². The molecule has 2 aromatic carbocycles. The molecule has 0 aliphatic heterocycles. The quantitative estimate of drug-likeness (QED) is 0.644. The number of hydrogen-bond acceptors (Lipinski definition) is 5. The van der Waals surface area contributed by atoms with Crippen LogP contribution in [0.1, 0.15) is 19.8 Å². The SMILES string of the molecule is CCCC(=O)Nc1ccc(Nc2ccccc2Oc2ccccc2)nn1. The van der Waals surface area contributed by atoms with Gasteiger partial charge in [0, 0.05) is 6.42 Å². The van der Waals surface area contributed by atoms with Gasteiger partial charge in [-0.3, -0.25) is 4.79 Å². The van der Waals surface area contributed by atoms with Gasteiger partial charge in [-0.25, -0.2) is 0 Å². The van der Waals surface area contributed by atoms with Gasteiger partial charge < -0.3 is 15.4 Å². The number of amides is 1. The summed E-state index contributed by atoms with van der Waals surface area (Å²) in [6, 6.07) is 20.6. The molecule has 0 saturated carbocycles. The Morgan fingerprint density at radius 1 is 0.923 bits per heavy atom. The molecule has 0 unspecified atom stereocenters. The maximum Gasteiger partial charge on any atom is 0.225 e. The van der Waals surface area contributed by atoms with E-state index in [1.807, 2.05) is 61.5 Å². The number of nitrogens with one attached hydrogen (secondary N) is 2. The number of aromatic nitrogens is 2. The first-order valence-corrected chi connectivity index (χ1v) is 8.47. The summed E-state index contributed by atoms with van der Waals surface area (Å²) >= 11 is 0. The fourth-order valence-electron chi connectivity index (χ4n) is 2.31. The van der Waals surface area contributed by atoms with Crippen molar-refractivity contribution >= 4 is 23.2 Å². The summed E-state index contributed by atoms with van der Waals surface area (Å²) < 4.78 is 5.92. The van der Waals surface area contributed by atoms with E-state index in [4.69, 9.17) is 4.74 Å². The molecule has 6 heteroatoms. The first-order valence-electron chi connectivity index (χ1n) is 8.47. The van der Waals surface area contributed by atoms with Gasteiger partial charge in [-0.1, -0.05) is 37.3 Å². The Morgan fingerprint density at radius 3 is 2.35 bits per heavy atom. The van der Waals surface area contributed by atoms with E-state index in [0.29, 0.717) is 23.8 Å². The number of para-hydroxylation sites is 3. The van der Waals surface area contributed by atoms with Gasteiger partial charge >= 0.3 is 0 Å². The lowest BCUT2D eigenvalue weighted by molar-refractivity contribution is -0.116. The van der Waals surface area contributed by atoms with E-state index in [1.54, 1.807) is 12.1 Å². The second-order valence-corrected chi connectivity index (χ2v) is 5.64. The Balaban J connectivity index is 1.70. The normalized spacial score (nSPS) is 10.2. The lowest BCUT2D eigenvalue weighted by atomic mass is 10.3. The fourth-order valence-corrected chi connectivity index (χ4v) is 2.31. The van der Waals surface area contributed by atoms with Gasteiger partial charge in [0.15, 0.2) is 17.4 Å². The highest BCUT2D eigenvalue weighted by molar-refractivity contribution is 5.89. The zero-order valence-corrected chi connectivity index (χ0v) is 14.5. The van der Waals surface area contributed by atoms with Crippen molar-refractivity contribution < 1.29 is 9.53 Å². The summed E-state index contributed by atoms with van der Waals surface area (Å²) in [5.41, 5.74) is 0.772. The molecule has 0 aliphatic carbocycles. The van der Waals surface area contributed by atoms with Crippen molar-refractivity contribution in [3.63, 3.8) is 0 Å². The van der Waals surface area contributed by atoms with Gasteiger partial charge in [-0.05, 0) is 42.8 Å². The average molecular weight is 348 g/mol. The van der Waals surface area contributed by atoms with E-state index in [-0.39, 0.29) is 5.91 Å². The Kier molecular flexibility index (Phi) is 5.77. The molecule has 3 aromatic rings. The Bertz CT molecular complexity index is 851. The van der Waals surface area contributed by atoms with Crippen LogP contribution < -0.4 is 15.4 Å². The molecule has 1 aromatic heterocycles. The first-order chi connectivity index (χ1) is 12.7. The highest BCUT2D eigenvalue weighted by Gasteiger charge is 2.07. The molecule has 0 radical (unpaired) electrons. The lowest BCUT2D eigenvalue weighted by Gasteiger charge is -2.12. The van der Waals surface area contributed by atoms with Gasteiger partial charge in [0.25, 0.3) is 0 Å². The maximum atomic E-state index is 11.6. The number of ether oxygens (including phenoxy) is 1. The Hall–Kier alpha value is -3.41. The number of nitrogens with zero attached hydrogens (tertiary/aromatic N) is 2. The minimum Gasteiger partial charge on any atom is -0.455 e. The monoisotopic (exact) mass is 348 g/mol. The third-order valence-corrected chi connectivity index (χ3v) is 3.53. The van der Waals surface area contributed by atoms with Crippen LogP contribution >= 0.6 is 0 Å². The molecule has 0 saturated heterocycles. The van der Waals surface area contributed by atoms with Crippen LogP contribution in [0.2, 0.25) is 0 Å². The Labute approximate surface area is 152 Å². The fraction of sp³-hybridized carbons (Fsp3) is 0.150. The molecule has 1 heterocycles. The summed E-state index contributed by atoms with van der Waals surface area (Å²) in [5.74, 6) is 2.36. The van der Waals surface area contributed by atoms with Crippen molar-refractivity contribution in [1.29, 1.82) is 0 Å². The zero-order chi connectivity index (χ0) is 18.2. The van der Waals surface area contributed by atoms with Crippen molar-refractivity contribution in [2.45, 2.75) is 19.8 Å². The molecule has 0 fully saturated rings. The summed E-state index contributed by atoms with van der Waals surface area (Å²) in [5, 5.41) is 14.0. The lowest BCUT2D eigenvalue weighted by Crippen LogP contribution is -2.12. The van der Waals surface area contributed by atoms with Crippen molar-refractivity contribution in [2.24, 2.45) is 0 Å². The predicted octanol–water partition coefficient (Wildman–Crippen LogP) is 4.75. The van der Waals surface area contributed by atoms with Gasteiger partial charge in [-0.15, -0.1) is 10.2 Å². The third-order valence-electron chi connectivity index (χ3n) is 3.53. The highest BCUT2D eigenvalue weighted by atomic mass is 16.5. The molecule has 132 valence electrons. The van der Waals surface area contributed by atoms with E-state index >= 15 is 0 Å². The van der Waals surface area contributed by atoms with Crippen LogP contribution in [0, 0.1) is 0 Å². The summed E-state index contributed by atoms with van der Waals surface area (Å²) in [6.07, 6.45) is 1.25. The smallest absolute Gasteiger partial charge is 0.225 e. The molecule has 3 rings (SSSR count). The molecule has 0 atom stereocenters. The van der Waals surface area contributed by atoms with Crippen molar-refractivity contribution in [1.82, 2.24) is 10.2 Å². The van der Waals surface area contributed by atoms with E-state index < -0.39 is 0 Å². The van der Waals surface area contributed by atoms with Crippen molar-refractivity contribution in [3.05, 3.63) is 66.7 Å². The molecule has 6 nitrogen and oxygen atoms in total. The molecule has 0 aliphatic rings. The summed E-state index contributed by atoms with van der Waals surface area (Å²) in [4.78, 5) is 11.6. The maximum absolute atomic E-state index is 11.6. The number of carbonyl (C=O) groups excluding carboxylic acids is 1. The largest absolute Gasteiger partial charge is 0.455 e. The molecule has 0 bridgehead atoms. The second kappa shape index (κ2) is 8.62. The molecular formula is C20H20N4O2. The second-order valence-electron chi connectivity index (χ2n) is 5.64. The van der Waals surface area contributed by atoms with Crippen LogP contribution in [0.25, 0.3) is 0 Å². The van der Waals surface area contributed by atoms with Crippen LogP contribution in [-0.2, 0) is 4.79 Å². The van der Waals surface area contributed by atoms with Gasteiger partial charge in [-0.2, -0.15) is 0 Å². The van der Waals surface area contributed by atoms with Crippen LogP contribution in [0.5, 0.6) is 11.5 Å². The first kappa shape index (κ1) is 17.4. The molecular weight excluding hydrogens is 328 g/mol. The minimum absolute atomic E-state index is 0.0656. The van der Waals surface area contributed by atoms with Crippen molar-refractivity contribution in [3.8, 4) is 11.5 Å². The molecule has 2 N–H and O–H groups in total. The number of hydrogen-bond donors (Lipinski definition) is 2. The Morgan fingerprint density at radius 2 is 1.62 bits per heavy atom. The van der Waals surface area contributed by atoms with E-state index in [1.165, 1.54) is 0 Å². The van der Waals surface area contributed by atoms with E-state index in [0.717, 1.165) is 17.9 Å². The molecule has 1 amide bonds. The summed E-state index contributed by atoms with van der Waals surface area (Å²) in [6.45, 7) is 1.95. The molecule has 0 spiro atoms. The highest BCUT2D eigenvalue weighted by Crippen LogP contribution is 2.30. The van der Waals surface area contributed by atoms with Gasteiger partial charge in [0.2, 0.25) is 5.91 Å². The third kappa shape index (κ3) is 4.80. The summed E-state index contributed by atoms with van der Waals surface area (Å²) in [7, 11) is 0. The van der Waals surface area contributed by atoms with Crippen LogP contribution in [0.15, 0.2) is 66.7 Å². The standard InChI is InChI=1S/C20H20N4O2/c1-2-8-20(25)22-19-14-13-18(23-24-19)21-16-11-6-7-12-17(16)26-15-9-4-3-5-10-15/h3-7,9-14H,2,8H2,1H3,(H,21,23)(H,22,24,25). The van der Waals surface area contributed by atoms with Gasteiger partial charge in [0.1, 0.15) is 5.75 Å². The predicted molar refractivity (Wildman–Crippen MR) is 102 cm³/mol. The average Bonchev–Trinajstić information content (AvgIpc) is 2.66. The molecule has 26 heavy (non-hydrogen) atoms. The van der Waals surface area contributed by atoms with E-state index in [2.05, 4.69) is 20.8 Å². The van der Waals surface area contributed by atoms with Crippen LogP contribution in [-0.4, -0.2) is 16.1 Å². The number of anilines is 3. The zero-order valence-electron chi connectivity index (χ0n) is 14.5. The van der Waals surface area contributed by atoms with Gasteiger partial charge in [0.05, 0.1) is 5.69 Å². The number of carbonyl (C=O) groups is 1. The van der Waals surface area contributed by atoms with Crippen molar-refractivity contribution in [2.75, 3.05) is 10.6 Å². The number of rotatable bonds is 7. The number of benzene rings is 2. The van der Waals surface area contributed by atoms with Crippen LogP contribution in [0.3, 0.4) is 0 Å². The topological polar surface area (TPSA) is 76.1 Å².